The van der Waals surface area contributed by atoms with Crippen LogP contribution in [0.25, 0.3) is 0 Å². The van der Waals surface area contributed by atoms with Crippen LogP contribution in [0.1, 0.15) is 16.1 Å². The Bertz CT molecular complexity index is 496. The lowest BCUT2D eigenvalue weighted by atomic mass is 10.2. The molecule has 13 heavy (non-hydrogen) atoms. The molecule has 0 aromatic carbocycles. The number of esters is 1. The van der Waals surface area contributed by atoms with Crippen molar-refractivity contribution in [2.45, 2.75) is 6.61 Å². The van der Waals surface area contributed by atoms with E-state index in [9.17, 15) is 14.4 Å². The topological polar surface area (TPSA) is 81.2 Å². The lowest BCUT2D eigenvalue weighted by Crippen LogP contribution is -2.32. The van der Waals surface area contributed by atoms with Gasteiger partial charge in [0.1, 0.15) is 12.3 Å². The van der Waals surface area contributed by atoms with Crippen molar-refractivity contribution >= 4 is 5.97 Å². The molecule has 2 heterocycles. The van der Waals surface area contributed by atoms with Gasteiger partial charge in [0.2, 0.25) is 0 Å². The maximum Gasteiger partial charge on any atom is 0.356 e. The van der Waals surface area contributed by atoms with Gasteiger partial charge in [-0.2, -0.15) is 0 Å². The van der Waals surface area contributed by atoms with Crippen LogP contribution in [-0.4, -0.2) is 15.5 Å². The number of nitrogens with one attached hydrogen (secondary N) is 1. The highest BCUT2D eigenvalue weighted by Gasteiger charge is 2.27. The van der Waals surface area contributed by atoms with E-state index in [0.29, 0.717) is 0 Å². The molecule has 0 aliphatic carbocycles. The number of aromatic nitrogens is 2. The molecule has 1 aromatic heterocycles. The number of cyclic esters (lactones) is 1. The molecule has 1 aliphatic rings. The fourth-order valence-electron chi connectivity index (χ4n) is 1.27. The van der Waals surface area contributed by atoms with Crippen molar-refractivity contribution in [2.24, 2.45) is 7.05 Å². The summed E-state index contributed by atoms with van der Waals surface area (Å²) in [7, 11) is 1.41. The summed E-state index contributed by atoms with van der Waals surface area (Å²) in [6.45, 7) is -0.0579. The van der Waals surface area contributed by atoms with Gasteiger partial charge in [-0.25, -0.2) is 9.59 Å². The Balaban J connectivity index is 2.94. The molecular weight excluding hydrogens is 176 g/mol. The second kappa shape index (κ2) is 2.32. The smallest absolute Gasteiger partial charge is 0.356 e. The normalized spacial score (nSPS) is 14.1. The third-order valence-electron chi connectivity index (χ3n) is 1.96. The van der Waals surface area contributed by atoms with Gasteiger partial charge in [-0.15, -0.1) is 0 Å². The molecule has 1 aromatic rings. The number of nitrogens with zero attached hydrogens (tertiary/aromatic N) is 1. The van der Waals surface area contributed by atoms with Crippen molar-refractivity contribution in [3.8, 4) is 0 Å². The van der Waals surface area contributed by atoms with Gasteiger partial charge in [0.25, 0.3) is 5.56 Å². The van der Waals surface area contributed by atoms with Gasteiger partial charge in [0.15, 0.2) is 0 Å². The predicted molar refractivity (Wildman–Crippen MR) is 41.4 cm³/mol. The van der Waals surface area contributed by atoms with Crippen LogP contribution in [0.2, 0.25) is 0 Å². The van der Waals surface area contributed by atoms with E-state index in [1.807, 2.05) is 0 Å². The monoisotopic (exact) mass is 182 g/mol. The van der Waals surface area contributed by atoms with E-state index in [2.05, 4.69) is 9.72 Å². The number of ether oxygens (including phenoxy) is 1. The van der Waals surface area contributed by atoms with Gasteiger partial charge in [-0.05, 0) is 0 Å². The minimum Gasteiger partial charge on any atom is -0.456 e. The molecule has 0 fully saturated rings. The summed E-state index contributed by atoms with van der Waals surface area (Å²) < 4.78 is 5.70. The highest BCUT2D eigenvalue weighted by atomic mass is 16.5. The highest BCUT2D eigenvalue weighted by Crippen LogP contribution is 2.12. The van der Waals surface area contributed by atoms with Crippen LogP contribution in [-0.2, 0) is 18.4 Å². The number of H-pyrrole nitrogens is 1. The lowest BCUT2D eigenvalue weighted by Gasteiger charge is -1.99. The Kier molecular flexibility index (Phi) is 1.39. The van der Waals surface area contributed by atoms with E-state index in [-0.39, 0.29) is 17.9 Å². The van der Waals surface area contributed by atoms with Crippen molar-refractivity contribution in [1.29, 1.82) is 0 Å². The quantitative estimate of drug-likeness (QED) is 0.508. The number of carbonyl (C=O) groups is 1. The molecule has 0 bridgehead atoms. The molecule has 2 rings (SSSR count). The van der Waals surface area contributed by atoms with Crippen molar-refractivity contribution in [3.63, 3.8) is 0 Å². The average Bonchev–Trinajstić information content (AvgIpc) is 2.44. The Morgan fingerprint density at radius 2 is 2.08 bits per heavy atom. The molecule has 1 N–H and O–H groups in total. The Morgan fingerprint density at radius 1 is 1.38 bits per heavy atom. The molecule has 0 amide bonds. The molecule has 6 heteroatoms. The first kappa shape index (κ1) is 7.78. The van der Waals surface area contributed by atoms with E-state index in [0.717, 1.165) is 4.57 Å². The Labute approximate surface area is 71.8 Å². The Morgan fingerprint density at radius 3 is 2.77 bits per heavy atom. The second-order valence-corrected chi connectivity index (χ2v) is 2.72. The summed E-state index contributed by atoms with van der Waals surface area (Å²) in [6.07, 6.45) is 0. The van der Waals surface area contributed by atoms with E-state index in [1.165, 1.54) is 7.05 Å². The Hall–Kier alpha value is -1.85. The molecule has 6 nitrogen and oxygen atoms in total. The summed E-state index contributed by atoms with van der Waals surface area (Å²) in [5, 5.41) is 0. The molecule has 1 aliphatic heterocycles. The summed E-state index contributed by atoms with van der Waals surface area (Å²) in [6, 6.07) is 0. The molecule has 0 spiro atoms. The first-order valence-corrected chi connectivity index (χ1v) is 3.60. The summed E-state index contributed by atoms with van der Waals surface area (Å²) in [5.41, 5.74) is -0.896. The maximum absolute atomic E-state index is 11.1. The fourth-order valence-corrected chi connectivity index (χ4v) is 1.27. The molecule has 0 unspecified atom stereocenters. The van der Waals surface area contributed by atoms with Crippen molar-refractivity contribution in [2.75, 3.05) is 0 Å². The molecule has 0 atom stereocenters. The van der Waals surface area contributed by atoms with E-state index in [1.54, 1.807) is 0 Å². The predicted octanol–water partition coefficient (Wildman–Crippen LogP) is -1.26. The van der Waals surface area contributed by atoms with Crippen LogP contribution >= 0.6 is 0 Å². The van der Waals surface area contributed by atoms with Crippen molar-refractivity contribution in [1.82, 2.24) is 9.55 Å². The minimum atomic E-state index is -0.624. The first-order chi connectivity index (χ1) is 6.11. The number of hydrogen-bond donors (Lipinski definition) is 1. The fraction of sp³-hybridized carbons (Fsp3) is 0.286. The summed E-state index contributed by atoms with van der Waals surface area (Å²) in [5.74, 6) is -0.624. The van der Waals surface area contributed by atoms with Gasteiger partial charge in [-0.3, -0.25) is 14.3 Å². The molecule has 68 valence electrons. The van der Waals surface area contributed by atoms with Crippen LogP contribution in [0, 0.1) is 0 Å². The number of aromatic amines is 1. The largest absolute Gasteiger partial charge is 0.456 e. The second-order valence-electron chi connectivity index (χ2n) is 2.72. The third-order valence-corrected chi connectivity index (χ3v) is 1.96. The zero-order chi connectivity index (χ0) is 9.59. The summed E-state index contributed by atoms with van der Waals surface area (Å²) >= 11 is 0. The SMILES string of the molecule is Cn1c2c(c(=O)[nH]c1=O)COC2=O. The number of hydrogen-bond acceptors (Lipinski definition) is 4. The average molecular weight is 182 g/mol. The summed E-state index contributed by atoms with van der Waals surface area (Å²) in [4.78, 5) is 35.3. The zero-order valence-electron chi connectivity index (χ0n) is 6.79. The molecular formula is C7H6N2O4. The highest BCUT2D eigenvalue weighted by molar-refractivity contribution is 5.91. The van der Waals surface area contributed by atoms with Crippen molar-refractivity contribution < 1.29 is 9.53 Å². The van der Waals surface area contributed by atoms with Gasteiger partial charge in [-0.1, -0.05) is 0 Å². The van der Waals surface area contributed by atoms with Gasteiger partial charge in [0.05, 0.1) is 5.56 Å². The van der Waals surface area contributed by atoms with Gasteiger partial charge >= 0.3 is 11.7 Å². The third kappa shape index (κ3) is 0.915. The standard InChI is InChI=1S/C7H6N2O4/c1-9-4-3(2-13-6(4)11)5(10)8-7(9)12/h2H2,1H3,(H,8,10,12). The van der Waals surface area contributed by atoms with Gasteiger partial charge in [0, 0.05) is 7.05 Å². The van der Waals surface area contributed by atoms with E-state index in [4.69, 9.17) is 0 Å². The van der Waals surface area contributed by atoms with Crippen LogP contribution in [0.15, 0.2) is 9.59 Å². The minimum absolute atomic E-state index is 0.0498. The van der Waals surface area contributed by atoms with Crippen LogP contribution in [0.4, 0.5) is 0 Å². The number of fused-ring (bicyclic) bond motifs is 1. The van der Waals surface area contributed by atoms with Crippen LogP contribution in [0.3, 0.4) is 0 Å². The number of carbonyl (C=O) groups excluding carboxylic acids is 1. The maximum atomic E-state index is 11.1. The zero-order valence-corrected chi connectivity index (χ0v) is 6.79. The lowest BCUT2D eigenvalue weighted by molar-refractivity contribution is 0.0527. The first-order valence-electron chi connectivity index (χ1n) is 3.60. The number of rotatable bonds is 0. The van der Waals surface area contributed by atoms with Crippen LogP contribution in [0.5, 0.6) is 0 Å². The molecule has 0 saturated heterocycles. The van der Waals surface area contributed by atoms with Crippen LogP contribution < -0.4 is 11.2 Å². The van der Waals surface area contributed by atoms with E-state index >= 15 is 0 Å². The van der Waals surface area contributed by atoms with Gasteiger partial charge < -0.3 is 4.74 Å². The molecule has 0 saturated carbocycles. The van der Waals surface area contributed by atoms with E-state index < -0.39 is 17.2 Å². The van der Waals surface area contributed by atoms with Crippen molar-refractivity contribution in [3.05, 3.63) is 32.1 Å². The molecule has 0 radical (unpaired) electrons.